The average Bonchev–Trinajstić information content (AvgIpc) is 3.10. The summed E-state index contributed by atoms with van der Waals surface area (Å²) in [6.45, 7) is 12.3. The van der Waals surface area contributed by atoms with Crippen LogP contribution < -0.4 is 0 Å². The maximum Gasteiger partial charge on any atom is 0.244 e. The highest BCUT2D eigenvalue weighted by atomic mass is 32.2. The van der Waals surface area contributed by atoms with E-state index in [0.29, 0.717) is 18.4 Å². The van der Waals surface area contributed by atoms with Gasteiger partial charge in [-0.3, -0.25) is 0 Å². The molecule has 11 heteroatoms. The second-order valence-electron chi connectivity index (χ2n) is 11.0. The van der Waals surface area contributed by atoms with E-state index in [1.807, 2.05) is 20.8 Å². The number of hydrogen-bond donors (Lipinski definition) is 0. The second kappa shape index (κ2) is 11.6. The number of halogens is 2. The third-order valence-corrected chi connectivity index (χ3v) is 11.6. The van der Waals surface area contributed by atoms with Crippen molar-refractivity contribution in [3.63, 3.8) is 0 Å². The molecule has 0 saturated heterocycles. The van der Waals surface area contributed by atoms with E-state index in [4.69, 9.17) is 0 Å². The van der Waals surface area contributed by atoms with E-state index in [9.17, 15) is 25.6 Å². The molecule has 2 atom stereocenters. The minimum absolute atomic E-state index is 0.0163. The van der Waals surface area contributed by atoms with Crippen molar-refractivity contribution in [2.75, 3.05) is 26.4 Å². The Labute approximate surface area is 236 Å². The fourth-order valence-electron chi connectivity index (χ4n) is 5.64. The van der Waals surface area contributed by atoms with Gasteiger partial charge < -0.3 is 0 Å². The molecular formula is C29H37F2N3O4S2. The molecule has 0 heterocycles. The number of hydrogen-bond acceptors (Lipinski definition) is 6. The highest BCUT2D eigenvalue weighted by Gasteiger charge is 2.53. The first kappa shape index (κ1) is 31.8. The van der Waals surface area contributed by atoms with Gasteiger partial charge in [-0.05, 0) is 65.5 Å². The van der Waals surface area contributed by atoms with Gasteiger partial charge >= 0.3 is 0 Å². The summed E-state index contributed by atoms with van der Waals surface area (Å²) in [7, 11) is -6.51. The van der Waals surface area contributed by atoms with Gasteiger partial charge in [0.05, 0.1) is 16.2 Å². The Hall–Kier alpha value is -2.76. The van der Waals surface area contributed by atoms with Gasteiger partial charge in [0.15, 0.2) is 9.84 Å². The molecule has 0 bridgehead atoms. The predicted octanol–water partition coefficient (Wildman–Crippen LogP) is 6.50. The molecule has 40 heavy (non-hydrogen) atoms. The van der Waals surface area contributed by atoms with E-state index >= 15 is 0 Å². The Kier molecular flexibility index (Phi) is 9.23. The van der Waals surface area contributed by atoms with Gasteiger partial charge in [-0.2, -0.15) is 14.5 Å². The quantitative estimate of drug-likeness (QED) is 0.232. The molecular weight excluding hydrogens is 556 g/mol. The third-order valence-electron chi connectivity index (χ3n) is 8.35. The molecule has 0 spiro atoms. The standard InChI is InChI=1S/C29H37F2N3O4S2/c1-8-34(40(37,38)26-15-10-9-14-25(26)39(7,35)36)19-29(5)17-16-21(28(29,3)4)20(2)18-24(33-32-6)27-22(30)12-11-13-23(27)31/h9-15,18,21H,2,8,16-17,19H2,1,3-7H3/b24-18-,33-32?. The summed E-state index contributed by atoms with van der Waals surface area (Å²) in [5.41, 5.74) is -0.703. The fraction of sp³-hybridized carbons (Fsp3) is 0.448. The number of sulfonamides is 1. The molecule has 218 valence electrons. The van der Waals surface area contributed by atoms with E-state index in [2.05, 4.69) is 16.8 Å². The number of sulfone groups is 1. The molecule has 0 N–H and O–H groups in total. The summed E-state index contributed by atoms with van der Waals surface area (Å²) in [5.74, 6) is -1.68. The number of nitrogens with zero attached hydrogens (tertiary/aromatic N) is 3. The highest BCUT2D eigenvalue weighted by molar-refractivity contribution is 7.93. The van der Waals surface area contributed by atoms with Crippen molar-refractivity contribution in [3.8, 4) is 0 Å². The van der Waals surface area contributed by atoms with Gasteiger partial charge in [0.2, 0.25) is 10.0 Å². The van der Waals surface area contributed by atoms with Crippen molar-refractivity contribution in [2.24, 2.45) is 27.0 Å². The first-order valence-corrected chi connectivity index (χ1v) is 16.3. The Bertz CT molecular complexity index is 1550. The molecule has 2 unspecified atom stereocenters. The molecule has 2 aromatic rings. The number of allylic oxidation sites excluding steroid dienone is 2. The Balaban J connectivity index is 1.98. The molecule has 3 rings (SSSR count). The zero-order chi connectivity index (χ0) is 30.1. The van der Waals surface area contributed by atoms with Crippen LogP contribution >= 0.6 is 0 Å². The van der Waals surface area contributed by atoms with E-state index in [1.165, 1.54) is 41.7 Å². The van der Waals surface area contributed by atoms with Crippen molar-refractivity contribution < 1.29 is 25.6 Å². The van der Waals surface area contributed by atoms with Crippen molar-refractivity contribution in [1.82, 2.24) is 4.31 Å². The summed E-state index contributed by atoms with van der Waals surface area (Å²) in [6.07, 6.45) is 3.84. The third kappa shape index (κ3) is 5.96. The van der Waals surface area contributed by atoms with Crippen molar-refractivity contribution in [2.45, 2.75) is 50.3 Å². The lowest BCUT2D eigenvalue weighted by Gasteiger charge is -2.44. The van der Waals surface area contributed by atoms with Crippen LogP contribution in [0.4, 0.5) is 8.78 Å². The Morgan fingerprint density at radius 1 is 1.05 bits per heavy atom. The number of azo groups is 1. The van der Waals surface area contributed by atoms with E-state index in [0.717, 1.165) is 18.4 Å². The van der Waals surface area contributed by atoms with E-state index < -0.39 is 42.3 Å². The van der Waals surface area contributed by atoms with Crippen molar-refractivity contribution >= 4 is 25.6 Å². The molecule has 1 aliphatic rings. The molecule has 1 fully saturated rings. The lowest BCUT2D eigenvalue weighted by atomic mass is 9.64. The molecule has 7 nitrogen and oxygen atoms in total. The van der Waals surface area contributed by atoms with Crippen LogP contribution in [0.2, 0.25) is 0 Å². The Morgan fingerprint density at radius 3 is 2.15 bits per heavy atom. The number of rotatable bonds is 10. The lowest BCUT2D eigenvalue weighted by Crippen LogP contribution is -2.46. The van der Waals surface area contributed by atoms with Gasteiger partial charge in [-0.15, -0.1) is 0 Å². The van der Waals surface area contributed by atoms with Crippen molar-refractivity contribution in [3.05, 3.63) is 77.9 Å². The van der Waals surface area contributed by atoms with Crippen molar-refractivity contribution in [1.29, 1.82) is 0 Å². The first-order chi connectivity index (χ1) is 18.5. The largest absolute Gasteiger partial charge is 0.244 e. The summed E-state index contributed by atoms with van der Waals surface area (Å²) in [6, 6.07) is 9.20. The molecule has 0 aliphatic heterocycles. The van der Waals surface area contributed by atoms with Gasteiger partial charge in [-0.25, -0.2) is 25.6 Å². The summed E-state index contributed by atoms with van der Waals surface area (Å²) in [5, 5.41) is 7.71. The maximum atomic E-state index is 14.6. The molecule has 0 amide bonds. The van der Waals surface area contributed by atoms with E-state index in [-0.39, 0.29) is 40.1 Å². The van der Waals surface area contributed by atoms with Crippen LogP contribution in [-0.4, -0.2) is 47.5 Å². The fourth-order valence-corrected chi connectivity index (χ4v) is 8.82. The average molecular weight is 594 g/mol. The zero-order valence-electron chi connectivity index (χ0n) is 23.8. The van der Waals surface area contributed by atoms with E-state index in [1.54, 1.807) is 13.0 Å². The van der Waals surface area contributed by atoms with Gasteiger partial charge in [0.25, 0.3) is 0 Å². The second-order valence-corrected chi connectivity index (χ2v) is 14.9. The van der Waals surface area contributed by atoms with Gasteiger partial charge in [0, 0.05) is 26.4 Å². The maximum absolute atomic E-state index is 14.6. The van der Waals surface area contributed by atoms with Crippen LogP contribution in [0.5, 0.6) is 0 Å². The molecule has 1 saturated carbocycles. The molecule has 0 aromatic heterocycles. The van der Waals surface area contributed by atoms with Crippen LogP contribution in [-0.2, 0) is 19.9 Å². The van der Waals surface area contributed by atoms with Crippen LogP contribution in [0.25, 0.3) is 5.70 Å². The molecule has 1 aliphatic carbocycles. The minimum Gasteiger partial charge on any atom is -0.224 e. The monoisotopic (exact) mass is 593 g/mol. The lowest BCUT2D eigenvalue weighted by molar-refractivity contribution is 0.0802. The molecule has 0 radical (unpaired) electrons. The number of benzene rings is 2. The Morgan fingerprint density at radius 2 is 1.62 bits per heavy atom. The van der Waals surface area contributed by atoms with Crippen LogP contribution in [0.1, 0.15) is 46.1 Å². The molecule has 2 aromatic carbocycles. The highest BCUT2D eigenvalue weighted by Crippen LogP contribution is 2.58. The predicted molar refractivity (Wildman–Crippen MR) is 153 cm³/mol. The first-order valence-electron chi connectivity index (χ1n) is 12.9. The minimum atomic E-state index is -4.14. The smallest absolute Gasteiger partial charge is 0.224 e. The topological polar surface area (TPSA) is 96.2 Å². The van der Waals surface area contributed by atoms with Crippen LogP contribution in [0, 0.1) is 28.4 Å². The van der Waals surface area contributed by atoms with Gasteiger partial charge in [-0.1, -0.05) is 52.5 Å². The normalized spacial score (nSPS) is 21.8. The SMILES string of the molecule is C=C(/C=C(\N=NC)c1c(F)cccc1F)C1CCC(C)(CN(CC)S(=O)(=O)c2ccccc2S(C)(=O)=O)C1(C)C. The van der Waals surface area contributed by atoms with Gasteiger partial charge in [0.1, 0.15) is 16.5 Å². The summed E-state index contributed by atoms with van der Waals surface area (Å²) in [4.78, 5) is -0.484. The van der Waals surface area contributed by atoms with Crippen LogP contribution in [0.15, 0.2) is 80.7 Å². The zero-order valence-corrected chi connectivity index (χ0v) is 25.4. The summed E-state index contributed by atoms with van der Waals surface area (Å²) < 4.78 is 82.7. The summed E-state index contributed by atoms with van der Waals surface area (Å²) >= 11 is 0. The van der Waals surface area contributed by atoms with Crippen LogP contribution in [0.3, 0.4) is 0 Å².